The Balaban J connectivity index is 1.56. The number of allylic oxidation sites excluding steroid dienone is 1. The molecule has 160 valence electrons. The molecule has 0 saturated carbocycles. The molecule has 1 aliphatic carbocycles. The van der Waals surface area contributed by atoms with Crippen molar-refractivity contribution in [2.45, 2.75) is 47.0 Å². The Bertz CT molecular complexity index is 779. The van der Waals surface area contributed by atoms with Crippen molar-refractivity contribution in [3.8, 4) is 0 Å². The van der Waals surface area contributed by atoms with Gasteiger partial charge in [0.2, 0.25) is 5.95 Å². The maximum absolute atomic E-state index is 14.4. The molecule has 5 nitrogen and oxygen atoms in total. The number of aromatic nitrogens is 1. The standard InChI is InChI=1S/C23H35FN4O/c1-6-23(4,7-2)18-14-17(16(18)3)15-27-10-12-28(13-11-27)20-9-8-19(22(29)25-5)26-21(20)24/h8-9,17H,6-7,10-15H2,1-5H3,(H,25,29). The first-order chi connectivity index (χ1) is 13.8. The van der Waals surface area contributed by atoms with Crippen LogP contribution in [0.1, 0.15) is 57.4 Å². The van der Waals surface area contributed by atoms with Crippen LogP contribution in [0.2, 0.25) is 0 Å². The molecule has 1 N–H and O–H groups in total. The summed E-state index contributed by atoms with van der Waals surface area (Å²) >= 11 is 0. The summed E-state index contributed by atoms with van der Waals surface area (Å²) in [4.78, 5) is 20.0. The molecule has 3 rings (SSSR count). The van der Waals surface area contributed by atoms with Crippen LogP contribution in [-0.2, 0) is 0 Å². The number of piperazine rings is 1. The van der Waals surface area contributed by atoms with Crippen LogP contribution in [0, 0.1) is 17.3 Å². The van der Waals surface area contributed by atoms with Crippen molar-refractivity contribution in [1.82, 2.24) is 15.2 Å². The second-order valence-electron chi connectivity index (χ2n) is 8.70. The molecule has 0 radical (unpaired) electrons. The summed E-state index contributed by atoms with van der Waals surface area (Å²) in [5.74, 6) is -0.273. The minimum Gasteiger partial charge on any atom is -0.365 e. The van der Waals surface area contributed by atoms with Crippen LogP contribution in [0.15, 0.2) is 23.3 Å². The van der Waals surface area contributed by atoms with Crippen LogP contribution < -0.4 is 10.2 Å². The highest BCUT2D eigenvalue weighted by atomic mass is 19.1. The summed E-state index contributed by atoms with van der Waals surface area (Å²) in [7, 11) is 1.52. The lowest BCUT2D eigenvalue weighted by Crippen LogP contribution is -2.49. The first-order valence-electron chi connectivity index (χ1n) is 10.9. The molecule has 0 spiro atoms. The maximum Gasteiger partial charge on any atom is 0.269 e. The van der Waals surface area contributed by atoms with E-state index in [0.717, 1.165) is 32.7 Å². The van der Waals surface area contributed by atoms with E-state index in [0.29, 0.717) is 17.0 Å². The highest BCUT2D eigenvalue weighted by Crippen LogP contribution is 2.48. The summed E-state index contributed by atoms with van der Waals surface area (Å²) in [6.07, 6.45) is 3.64. The Labute approximate surface area is 174 Å². The van der Waals surface area contributed by atoms with Gasteiger partial charge < -0.3 is 10.2 Å². The van der Waals surface area contributed by atoms with Gasteiger partial charge in [-0.15, -0.1) is 0 Å². The van der Waals surface area contributed by atoms with Gasteiger partial charge in [0.1, 0.15) is 5.69 Å². The normalized spacial score (nSPS) is 20.6. The molecule has 6 heteroatoms. The average molecular weight is 403 g/mol. The van der Waals surface area contributed by atoms with Gasteiger partial charge in [-0.3, -0.25) is 9.69 Å². The molecule has 1 atom stereocenters. The Morgan fingerprint density at radius 1 is 1.24 bits per heavy atom. The van der Waals surface area contributed by atoms with Crippen molar-refractivity contribution in [2.75, 3.05) is 44.7 Å². The molecular weight excluding hydrogens is 367 g/mol. The van der Waals surface area contributed by atoms with Crippen LogP contribution in [-0.4, -0.2) is 55.6 Å². The van der Waals surface area contributed by atoms with Gasteiger partial charge in [-0.2, -0.15) is 4.39 Å². The number of halogens is 1. The third-order valence-electron chi connectivity index (χ3n) is 7.31. The average Bonchev–Trinajstić information content (AvgIpc) is 2.75. The quantitative estimate of drug-likeness (QED) is 0.556. The van der Waals surface area contributed by atoms with Gasteiger partial charge in [-0.1, -0.05) is 31.9 Å². The van der Waals surface area contributed by atoms with Gasteiger partial charge in [-0.25, -0.2) is 4.98 Å². The van der Waals surface area contributed by atoms with E-state index in [4.69, 9.17) is 0 Å². The zero-order valence-electron chi connectivity index (χ0n) is 18.5. The molecule has 1 aromatic heterocycles. The van der Waals surface area contributed by atoms with E-state index in [1.807, 2.05) is 4.90 Å². The van der Waals surface area contributed by atoms with Gasteiger partial charge in [0, 0.05) is 39.8 Å². The zero-order valence-corrected chi connectivity index (χ0v) is 18.5. The fourth-order valence-corrected chi connectivity index (χ4v) is 4.68. The van der Waals surface area contributed by atoms with Gasteiger partial charge in [0.25, 0.3) is 5.91 Å². The van der Waals surface area contributed by atoms with Crippen molar-refractivity contribution in [1.29, 1.82) is 0 Å². The van der Waals surface area contributed by atoms with Gasteiger partial charge in [0.05, 0.1) is 5.69 Å². The lowest BCUT2D eigenvalue weighted by atomic mass is 9.63. The van der Waals surface area contributed by atoms with Crippen molar-refractivity contribution >= 4 is 11.6 Å². The van der Waals surface area contributed by atoms with Crippen LogP contribution >= 0.6 is 0 Å². The van der Waals surface area contributed by atoms with E-state index in [1.165, 1.54) is 26.3 Å². The third-order valence-corrected chi connectivity index (χ3v) is 7.31. The first-order valence-corrected chi connectivity index (χ1v) is 10.9. The number of anilines is 1. The lowest BCUT2D eigenvalue weighted by Gasteiger charge is -2.45. The molecule has 2 heterocycles. The summed E-state index contributed by atoms with van der Waals surface area (Å²) in [6.45, 7) is 13.8. The SMILES string of the molecule is CCC(C)(CC)C1=C(C)C(CN2CCN(c3ccc(C(=O)NC)nc3F)CC2)C1. The molecule has 0 aromatic carbocycles. The van der Waals surface area contributed by atoms with E-state index in [1.54, 1.807) is 23.3 Å². The van der Waals surface area contributed by atoms with Gasteiger partial charge in [0.15, 0.2) is 0 Å². The monoisotopic (exact) mass is 402 g/mol. The molecule has 1 saturated heterocycles. The number of nitrogens with one attached hydrogen (secondary N) is 1. The highest BCUT2D eigenvalue weighted by Gasteiger charge is 2.37. The zero-order chi connectivity index (χ0) is 21.2. The Morgan fingerprint density at radius 2 is 1.90 bits per heavy atom. The Morgan fingerprint density at radius 3 is 2.41 bits per heavy atom. The van der Waals surface area contributed by atoms with E-state index < -0.39 is 5.95 Å². The van der Waals surface area contributed by atoms with Crippen LogP contribution in [0.5, 0.6) is 0 Å². The summed E-state index contributed by atoms with van der Waals surface area (Å²) in [6, 6.07) is 3.26. The Hall–Kier alpha value is -1.95. The van der Waals surface area contributed by atoms with Crippen LogP contribution in [0.3, 0.4) is 0 Å². The number of carbonyl (C=O) groups is 1. The molecule has 1 aliphatic heterocycles. The summed E-state index contributed by atoms with van der Waals surface area (Å²) < 4.78 is 14.4. The van der Waals surface area contributed by atoms with Crippen molar-refractivity contribution in [3.05, 3.63) is 34.9 Å². The Kier molecular flexibility index (Phi) is 6.62. The summed E-state index contributed by atoms with van der Waals surface area (Å²) in [5.41, 5.74) is 4.24. The molecule has 29 heavy (non-hydrogen) atoms. The third kappa shape index (κ3) is 4.32. The molecule has 1 amide bonds. The molecule has 2 aliphatic rings. The van der Waals surface area contributed by atoms with E-state index in [2.05, 4.69) is 42.9 Å². The van der Waals surface area contributed by atoms with E-state index >= 15 is 0 Å². The van der Waals surface area contributed by atoms with E-state index in [-0.39, 0.29) is 11.6 Å². The number of carbonyl (C=O) groups excluding carboxylic acids is 1. The van der Waals surface area contributed by atoms with Gasteiger partial charge >= 0.3 is 0 Å². The van der Waals surface area contributed by atoms with Crippen LogP contribution in [0.25, 0.3) is 0 Å². The molecule has 1 unspecified atom stereocenters. The topological polar surface area (TPSA) is 48.5 Å². The van der Waals surface area contributed by atoms with Crippen molar-refractivity contribution in [2.24, 2.45) is 11.3 Å². The highest BCUT2D eigenvalue weighted by molar-refractivity contribution is 5.92. The largest absolute Gasteiger partial charge is 0.365 e. The predicted molar refractivity (Wildman–Crippen MR) is 116 cm³/mol. The smallest absolute Gasteiger partial charge is 0.269 e. The van der Waals surface area contributed by atoms with Crippen molar-refractivity contribution < 1.29 is 9.18 Å². The molecule has 1 fully saturated rings. The number of hydrogen-bond donors (Lipinski definition) is 1. The lowest BCUT2D eigenvalue weighted by molar-refractivity contribution is 0.0957. The van der Waals surface area contributed by atoms with E-state index in [9.17, 15) is 9.18 Å². The number of nitrogens with zero attached hydrogens (tertiary/aromatic N) is 3. The molecule has 0 bridgehead atoms. The second kappa shape index (κ2) is 8.82. The maximum atomic E-state index is 14.4. The second-order valence-corrected chi connectivity index (χ2v) is 8.70. The van der Waals surface area contributed by atoms with Gasteiger partial charge in [-0.05, 0) is 49.7 Å². The number of hydrogen-bond acceptors (Lipinski definition) is 4. The predicted octanol–water partition coefficient (Wildman–Crippen LogP) is 3.87. The molecule has 1 aromatic rings. The minimum absolute atomic E-state index is 0.113. The minimum atomic E-state index is -0.569. The van der Waals surface area contributed by atoms with Crippen molar-refractivity contribution in [3.63, 3.8) is 0 Å². The number of amides is 1. The number of rotatable bonds is 7. The van der Waals surface area contributed by atoms with Crippen LogP contribution in [0.4, 0.5) is 10.1 Å². The number of pyridine rings is 1. The summed E-state index contributed by atoms with van der Waals surface area (Å²) in [5, 5.41) is 2.47. The first kappa shape index (κ1) is 21.8. The fraction of sp³-hybridized carbons (Fsp3) is 0.652. The fourth-order valence-electron chi connectivity index (χ4n) is 4.68. The molecular formula is C23H35FN4O.